The molecule has 0 unspecified atom stereocenters. The van der Waals surface area contributed by atoms with Crippen LogP contribution in [0.1, 0.15) is 166 Å². The zero-order valence-corrected chi connectivity index (χ0v) is 35.0. The number of hydrogen-bond donors (Lipinski definition) is 1. The van der Waals surface area contributed by atoms with E-state index in [1.165, 1.54) is 64.2 Å². The zero-order chi connectivity index (χ0) is 40.5. The van der Waals surface area contributed by atoms with Crippen LogP contribution < -0.4 is 5.32 Å². The molecule has 0 bridgehead atoms. The molecule has 1 atom stereocenters. The quantitative estimate of drug-likeness (QED) is 0.0340. The lowest BCUT2D eigenvalue weighted by atomic mass is 9.80. The van der Waals surface area contributed by atoms with Gasteiger partial charge in [-0.05, 0) is 46.1 Å². The predicted octanol–water partition coefficient (Wildman–Crippen LogP) is 12.0. The van der Waals surface area contributed by atoms with Crippen molar-refractivity contribution in [2.45, 2.75) is 166 Å². The first-order valence-corrected chi connectivity index (χ1v) is 21.5. The van der Waals surface area contributed by atoms with Gasteiger partial charge in [-0.3, -0.25) is 9.59 Å². The lowest BCUT2D eigenvalue weighted by molar-refractivity contribution is -0.157. The van der Waals surface area contributed by atoms with Gasteiger partial charge in [-0.25, -0.2) is 4.79 Å². The van der Waals surface area contributed by atoms with Crippen LogP contribution in [0.5, 0.6) is 0 Å². The summed E-state index contributed by atoms with van der Waals surface area (Å²) in [5.74, 6) is -0.936. The van der Waals surface area contributed by atoms with Crippen molar-refractivity contribution in [3.05, 3.63) is 107 Å². The van der Waals surface area contributed by atoms with Crippen LogP contribution in [-0.2, 0) is 34.3 Å². The van der Waals surface area contributed by atoms with Crippen LogP contribution in [0, 0.1) is 0 Å². The Bertz CT molecular complexity index is 1530. The molecule has 1 amide bonds. The first-order chi connectivity index (χ1) is 27.1. The van der Waals surface area contributed by atoms with Gasteiger partial charge in [0.05, 0.1) is 0 Å². The molecule has 0 radical (unpaired) electrons. The van der Waals surface area contributed by atoms with Gasteiger partial charge in [-0.1, -0.05) is 180 Å². The van der Waals surface area contributed by atoms with E-state index in [0.29, 0.717) is 34.6 Å². The Morgan fingerprint density at radius 3 is 1.48 bits per heavy atom. The van der Waals surface area contributed by atoms with Gasteiger partial charge in [0.1, 0.15) is 17.9 Å². The number of ether oxygens (including phenoxy) is 2. The maximum Gasteiger partial charge on any atom is 0.330 e. The number of aldehydes is 1. The highest BCUT2D eigenvalue weighted by Gasteiger charge is 2.43. The van der Waals surface area contributed by atoms with Gasteiger partial charge in [0.2, 0.25) is 5.91 Å². The summed E-state index contributed by atoms with van der Waals surface area (Å²) in [5, 5.41) is 3.32. The Hall–Kier alpha value is -3.97. The van der Waals surface area contributed by atoms with Crippen molar-refractivity contribution >= 4 is 35.7 Å². The zero-order valence-electron chi connectivity index (χ0n) is 34.2. The largest absolute Gasteiger partial charge is 0.460 e. The summed E-state index contributed by atoms with van der Waals surface area (Å²) in [5.41, 5.74) is 0.230. The van der Waals surface area contributed by atoms with E-state index in [0.717, 1.165) is 44.8 Å². The van der Waals surface area contributed by atoms with Crippen LogP contribution in [-0.4, -0.2) is 35.8 Å². The minimum atomic E-state index is -1.39. The van der Waals surface area contributed by atoms with Crippen LogP contribution in [0.4, 0.5) is 0 Å². The summed E-state index contributed by atoms with van der Waals surface area (Å²) in [4.78, 5) is 50.4. The van der Waals surface area contributed by atoms with Crippen LogP contribution in [0.15, 0.2) is 84.9 Å². The van der Waals surface area contributed by atoms with Crippen molar-refractivity contribution < 1.29 is 28.7 Å². The fraction of sp³-hybridized carbons (Fsp3) is 0.542. The Balaban J connectivity index is 1.35. The molecular formula is C48H66ClNO6. The van der Waals surface area contributed by atoms with Crippen molar-refractivity contribution in [3.63, 3.8) is 0 Å². The fourth-order valence-electron chi connectivity index (χ4n) is 7.14. The molecule has 0 saturated carbocycles. The van der Waals surface area contributed by atoms with Crippen LogP contribution in [0.3, 0.4) is 0 Å². The van der Waals surface area contributed by atoms with Crippen LogP contribution in [0.25, 0.3) is 0 Å². The Kier molecular flexibility index (Phi) is 21.6. The molecule has 0 saturated heterocycles. The molecule has 0 heterocycles. The number of unbranched alkanes of at least 4 members (excludes halogenated alkanes) is 15. The molecule has 7 nitrogen and oxygen atoms in total. The number of hydrogen-bond acceptors (Lipinski definition) is 6. The highest BCUT2D eigenvalue weighted by molar-refractivity contribution is 6.31. The Morgan fingerprint density at radius 2 is 1.04 bits per heavy atom. The van der Waals surface area contributed by atoms with Crippen molar-refractivity contribution in [1.82, 2.24) is 5.32 Å². The lowest BCUT2D eigenvalue weighted by Crippen LogP contribution is -2.46. The average Bonchev–Trinajstić information content (AvgIpc) is 3.18. The first-order valence-electron chi connectivity index (χ1n) is 21.1. The van der Waals surface area contributed by atoms with E-state index >= 15 is 0 Å². The number of esters is 2. The van der Waals surface area contributed by atoms with E-state index in [-0.39, 0.29) is 24.7 Å². The van der Waals surface area contributed by atoms with Crippen molar-refractivity contribution in [2.24, 2.45) is 0 Å². The van der Waals surface area contributed by atoms with Crippen molar-refractivity contribution in [3.8, 4) is 0 Å². The van der Waals surface area contributed by atoms with E-state index in [1.54, 1.807) is 6.07 Å². The molecule has 56 heavy (non-hydrogen) atoms. The topological polar surface area (TPSA) is 98.8 Å². The van der Waals surface area contributed by atoms with Gasteiger partial charge in [0, 0.05) is 41.0 Å². The van der Waals surface area contributed by atoms with Gasteiger partial charge in [-0.2, -0.15) is 0 Å². The number of carbonyl (C=O) groups excluding carboxylic acids is 4. The minimum Gasteiger partial charge on any atom is -0.460 e. The number of benzene rings is 3. The number of halogens is 1. The third-order valence-electron chi connectivity index (χ3n) is 10.0. The highest BCUT2D eigenvalue weighted by atomic mass is 35.5. The molecule has 0 aliphatic carbocycles. The third-order valence-corrected chi connectivity index (χ3v) is 10.3. The van der Waals surface area contributed by atoms with E-state index in [4.69, 9.17) is 21.1 Å². The maximum absolute atomic E-state index is 14.1. The summed E-state index contributed by atoms with van der Waals surface area (Å²) in [7, 11) is 0. The maximum atomic E-state index is 14.1. The van der Waals surface area contributed by atoms with Gasteiger partial charge in [-0.15, -0.1) is 0 Å². The van der Waals surface area contributed by atoms with E-state index in [2.05, 4.69) is 5.32 Å². The SMILES string of the molecule is CC(C)(C)OC(=O)CCCCCCCCCCCCCCCCCCC(=O)N[C@@H](CCC=O)C(=O)OC(c1ccccc1)(c1ccccc1)c1ccccc1Cl. The van der Waals surface area contributed by atoms with Crippen molar-refractivity contribution in [2.75, 3.05) is 0 Å². The number of rotatable bonds is 28. The molecule has 1 N–H and O–H groups in total. The second kappa shape index (κ2) is 26.0. The second-order valence-electron chi connectivity index (χ2n) is 15.9. The van der Waals surface area contributed by atoms with E-state index < -0.39 is 23.2 Å². The minimum absolute atomic E-state index is 0.0843. The van der Waals surface area contributed by atoms with Gasteiger partial charge >= 0.3 is 11.9 Å². The summed E-state index contributed by atoms with van der Waals surface area (Å²) < 4.78 is 11.9. The normalized spacial score (nSPS) is 12.1. The molecule has 306 valence electrons. The summed E-state index contributed by atoms with van der Waals surface area (Å²) in [6.07, 6.45) is 20.4. The number of amides is 1. The van der Waals surface area contributed by atoms with Crippen molar-refractivity contribution in [1.29, 1.82) is 0 Å². The van der Waals surface area contributed by atoms with E-state index in [1.807, 2.05) is 99.6 Å². The lowest BCUT2D eigenvalue weighted by Gasteiger charge is -2.37. The van der Waals surface area contributed by atoms with Gasteiger partial charge in [0.15, 0.2) is 5.60 Å². The fourth-order valence-corrected chi connectivity index (χ4v) is 7.41. The van der Waals surface area contributed by atoms with E-state index in [9.17, 15) is 19.2 Å². The highest BCUT2D eigenvalue weighted by Crippen LogP contribution is 2.43. The second-order valence-corrected chi connectivity index (χ2v) is 16.3. The predicted molar refractivity (Wildman–Crippen MR) is 226 cm³/mol. The molecule has 3 rings (SSSR count). The molecule has 3 aromatic carbocycles. The molecule has 3 aromatic rings. The third kappa shape index (κ3) is 17.0. The van der Waals surface area contributed by atoms with Gasteiger partial charge in [0.25, 0.3) is 0 Å². The Labute approximate surface area is 341 Å². The molecule has 0 aliphatic rings. The molecule has 0 aliphatic heterocycles. The average molecular weight is 789 g/mol. The molecule has 8 heteroatoms. The summed E-state index contributed by atoms with van der Waals surface area (Å²) >= 11 is 6.80. The number of nitrogens with one attached hydrogen (secondary N) is 1. The van der Waals surface area contributed by atoms with Gasteiger partial charge < -0.3 is 19.6 Å². The summed E-state index contributed by atoms with van der Waals surface area (Å²) in [6, 6.07) is 25.2. The summed E-state index contributed by atoms with van der Waals surface area (Å²) in [6.45, 7) is 5.73. The van der Waals surface area contributed by atoms with Crippen LogP contribution >= 0.6 is 11.6 Å². The Morgan fingerprint density at radius 1 is 0.607 bits per heavy atom. The first kappa shape index (κ1) is 46.4. The molecular weight excluding hydrogens is 722 g/mol. The molecule has 0 spiro atoms. The molecule has 0 fully saturated rings. The van der Waals surface area contributed by atoms with Crippen LogP contribution in [0.2, 0.25) is 5.02 Å². The monoisotopic (exact) mass is 787 g/mol. The number of carbonyl (C=O) groups is 4. The molecule has 0 aromatic heterocycles. The standard InChI is InChI=1S/C48H66ClNO6/c1-47(2,3)55-45(53)37-25-17-15-13-11-9-7-5-4-6-8-10-12-14-16-24-36-44(52)50-43(35-28-38-51)46(54)56-48(39-29-20-18-21-30-39,40-31-22-19-23-32-40)41-33-26-27-34-42(41)49/h18-23,26-27,29-34,38,43H,4-17,24-25,28,35-37H2,1-3H3,(H,50,52)/t43-/m0/s1. The smallest absolute Gasteiger partial charge is 0.330 e.